The number of aryl methyl sites for hydroxylation is 1. The summed E-state index contributed by atoms with van der Waals surface area (Å²) in [5.41, 5.74) is 1.76. The molecule has 4 heteroatoms. The molecule has 0 unspecified atom stereocenters. The van der Waals surface area contributed by atoms with Crippen molar-refractivity contribution in [1.29, 1.82) is 0 Å². The monoisotopic (exact) mass is 175 g/mol. The molecular weight excluding hydrogens is 166 g/mol. The molecule has 0 aliphatic carbocycles. The number of rotatable bonds is 1. The average Bonchev–Trinajstić information content (AvgIpc) is 2.48. The lowest BCUT2D eigenvalue weighted by atomic mass is 10.3. The summed E-state index contributed by atoms with van der Waals surface area (Å²) >= 11 is 0. The van der Waals surface area contributed by atoms with Gasteiger partial charge in [-0.25, -0.2) is 0 Å². The number of fused-ring (bicyclic) bond motifs is 1. The molecule has 2 rings (SSSR count). The van der Waals surface area contributed by atoms with Crippen molar-refractivity contribution in [1.82, 2.24) is 14.6 Å². The molecule has 0 fully saturated rings. The maximum Gasteiger partial charge on any atom is 0.204 e. The first kappa shape index (κ1) is 7.91. The van der Waals surface area contributed by atoms with E-state index in [9.17, 15) is 4.79 Å². The second kappa shape index (κ2) is 2.65. The van der Waals surface area contributed by atoms with E-state index in [4.69, 9.17) is 0 Å². The van der Waals surface area contributed by atoms with Gasteiger partial charge in [0.25, 0.3) is 0 Å². The van der Waals surface area contributed by atoms with Crippen LogP contribution in [-0.4, -0.2) is 20.4 Å². The Balaban J connectivity index is 2.83. The Bertz CT molecular complexity index is 473. The van der Waals surface area contributed by atoms with Crippen LogP contribution < -0.4 is 0 Å². The maximum atomic E-state index is 11.1. The first-order valence-corrected chi connectivity index (χ1v) is 4.01. The number of Topliss-reactive ketones (excluding diaryl/α,β-unsaturated/α-hetero) is 1. The van der Waals surface area contributed by atoms with Crippen molar-refractivity contribution in [3.05, 3.63) is 29.7 Å². The Morgan fingerprint density at radius 3 is 2.92 bits per heavy atom. The summed E-state index contributed by atoms with van der Waals surface area (Å²) in [6.07, 6.45) is 1.79. The van der Waals surface area contributed by atoms with Crippen molar-refractivity contribution in [2.24, 2.45) is 0 Å². The molecule has 0 aliphatic heterocycles. The third kappa shape index (κ3) is 1.11. The summed E-state index contributed by atoms with van der Waals surface area (Å²) in [6.45, 7) is 3.42. The summed E-state index contributed by atoms with van der Waals surface area (Å²) in [4.78, 5) is 11.1. The minimum Gasteiger partial charge on any atom is -0.291 e. The van der Waals surface area contributed by atoms with Crippen LogP contribution in [0.2, 0.25) is 0 Å². The van der Waals surface area contributed by atoms with Gasteiger partial charge in [0, 0.05) is 13.1 Å². The summed E-state index contributed by atoms with van der Waals surface area (Å²) in [6, 6.07) is 3.81. The Hall–Kier alpha value is -1.71. The predicted octanol–water partition coefficient (Wildman–Crippen LogP) is 1.24. The van der Waals surface area contributed by atoms with E-state index in [2.05, 4.69) is 10.2 Å². The van der Waals surface area contributed by atoms with Crippen molar-refractivity contribution in [2.45, 2.75) is 13.8 Å². The summed E-state index contributed by atoms with van der Waals surface area (Å²) in [7, 11) is 0. The summed E-state index contributed by atoms with van der Waals surface area (Å²) in [5.74, 6) is 0.316. The van der Waals surface area contributed by atoms with Gasteiger partial charge in [-0.05, 0) is 18.6 Å². The average molecular weight is 175 g/mol. The van der Waals surface area contributed by atoms with Gasteiger partial charge < -0.3 is 0 Å². The van der Waals surface area contributed by atoms with Crippen LogP contribution in [0.4, 0.5) is 0 Å². The Kier molecular flexibility index (Phi) is 1.62. The smallest absolute Gasteiger partial charge is 0.204 e. The Labute approximate surface area is 75.2 Å². The van der Waals surface area contributed by atoms with E-state index in [1.165, 1.54) is 6.92 Å². The minimum absolute atomic E-state index is 0.0712. The minimum atomic E-state index is -0.0712. The van der Waals surface area contributed by atoms with Crippen molar-refractivity contribution in [3.63, 3.8) is 0 Å². The molecule has 0 spiro atoms. The van der Waals surface area contributed by atoms with Crippen LogP contribution >= 0.6 is 0 Å². The fourth-order valence-corrected chi connectivity index (χ4v) is 1.29. The molecule has 0 atom stereocenters. The lowest BCUT2D eigenvalue weighted by Crippen LogP contribution is -2.00. The first-order chi connectivity index (χ1) is 6.20. The molecule has 2 aromatic rings. The second-order valence-electron chi connectivity index (χ2n) is 2.96. The molecule has 13 heavy (non-hydrogen) atoms. The molecule has 0 aromatic carbocycles. The fraction of sp³-hybridized carbons (Fsp3) is 0.222. The molecule has 2 aromatic heterocycles. The number of nitrogens with zero attached hydrogens (tertiary/aromatic N) is 3. The van der Waals surface area contributed by atoms with E-state index in [0.29, 0.717) is 5.82 Å². The molecule has 0 saturated carbocycles. The molecule has 0 saturated heterocycles. The van der Waals surface area contributed by atoms with Crippen LogP contribution in [-0.2, 0) is 0 Å². The van der Waals surface area contributed by atoms with Crippen molar-refractivity contribution in [2.75, 3.05) is 0 Å². The van der Waals surface area contributed by atoms with E-state index >= 15 is 0 Å². The molecule has 0 bridgehead atoms. The van der Waals surface area contributed by atoms with E-state index < -0.39 is 0 Å². The van der Waals surface area contributed by atoms with E-state index in [1.54, 1.807) is 10.6 Å². The lowest BCUT2D eigenvalue weighted by Gasteiger charge is -1.96. The van der Waals surface area contributed by atoms with Crippen molar-refractivity contribution < 1.29 is 4.79 Å². The second-order valence-corrected chi connectivity index (χ2v) is 2.96. The standard InChI is InChI=1S/C9H9N3O/c1-6-4-3-5-12-8(6)10-11-9(12)7(2)13/h3-5H,1-2H3. The zero-order valence-electron chi connectivity index (χ0n) is 7.48. The predicted molar refractivity (Wildman–Crippen MR) is 47.7 cm³/mol. The molecule has 2 heterocycles. The van der Waals surface area contributed by atoms with Crippen LogP contribution in [0.3, 0.4) is 0 Å². The number of carbonyl (C=O) groups is 1. The SMILES string of the molecule is CC(=O)c1nnc2c(C)cccn12. The van der Waals surface area contributed by atoms with E-state index in [-0.39, 0.29) is 5.78 Å². The summed E-state index contributed by atoms with van der Waals surface area (Å²) in [5, 5.41) is 7.75. The zero-order chi connectivity index (χ0) is 9.42. The first-order valence-electron chi connectivity index (χ1n) is 4.01. The third-order valence-electron chi connectivity index (χ3n) is 1.94. The Morgan fingerprint density at radius 2 is 2.23 bits per heavy atom. The number of pyridine rings is 1. The van der Waals surface area contributed by atoms with Gasteiger partial charge in [-0.3, -0.25) is 9.20 Å². The normalized spacial score (nSPS) is 10.6. The molecule has 0 amide bonds. The van der Waals surface area contributed by atoms with Crippen LogP contribution in [0.15, 0.2) is 18.3 Å². The van der Waals surface area contributed by atoms with Gasteiger partial charge >= 0.3 is 0 Å². The molecule has 0 N–H and O–H groups in total. The molecule has 0 aliphatic rings. The van der Waals surface area contributed by atoms with Gasteiger partial charge in [-0.2, -0.15) is 0 Å². The van der Waals surface area contributed by atoms with Gasteiger partial charge in [0.15, 0.2) is 11.4 Å². The highest BCUT2D eigenvalue weighted by molar-refractivity contribution is 5.91. The van der Waals surface area contributed by atoms with Crippen LogP contribution in [0.5, 0.6) is 0 Å². The van der Waals surface area contributed by atoms with Crippen LogP contribution in [0, 0.1) is 6.92 Å². The van der Waals surface area contributed by atoms with Gasteiger partial charge in [0.2, 0.25) is 5.82 Å². The number of ketones is 1. The van der Waals surface area contributed by atoms with Gasteiger partial charge in [0.1, 0.15) is 0 Å². The van der Waals surface area contributed by atoms with Crippen molar-refractivity contribution in [3.8, 4) is 0 Å². The number of hydrogen-bond donors (Lipinski definition) is 0. The highest BCUT2D eigenvalue weighted by atomic mass is 16.1. The quantitative estimate of drug-likeness (QED) is 0.612. The topological polar surface area (TPSA) is 47.3 Å². The largest absolute Gasteiger partial charge is 0.291 e. The summed E-state index contributed by atoms with van der Waals surface area (Å²) < 4.78 is 1.71. The third-order valence-corrected chi connectivity index (χ3v) is 1.94. The maximum absolute atomic E-state index is 11.1. The number of carbonyl (C=O) groups excluding carboxylic acids is 1. The molecular formula is C9H9N3O. The van der Waals surface area contributed by atoms with Crippen LogP contribution in [0.25, 0.3) is 5.65 Å². The van der Waals surface area contributed by atoms with E-state index in [0.717, 1.165) is 11.2 Å². The fourth-order valence-electron chi connectivity index (χ4n) is 1.29. The molecule has 4 nitrogen and oxygen atoms in total. The number of hydrogen-bond acceptors (Lipinski definition) is 3. The Morgan fingerprint density at radius 1 is 1.46 bits per heavy atom. The van der Waals surface area contributed by atoms with Crippen molar-refractivity contribution >= 4 is 11.4 Å². The zero-order valence-corrected chi connectivity index (χ0v) is 7.48. The lowest BCUT2D eigenvalue weighted by molar-refractivity contribution is 0.100. The van der Waals surface area contributed by atoms with Crippen LogP contribution in [0.1, 0.15) is 23.1 Å². The highest BCUT2D eigenvalue weighted by Crippen LogP contribution is 2.08. The highest BCUT2D eigenvalue weighted by Gasteiger charge is 2.09. The van der Waals surface area contributed by atoms with Gasteiger partial charge in [0.05, 0.1) is 0 Å². The van der Waals surface area contributed by atoms with Gasteiger partial charge in [-0.1, -0.05) is 6.07 Å². The molecule has 0 radical (unpaired) electrons. The van der Waals surface area contributed by atoms with E-state index in [1.807, 2.05) is 19.1 Å². The number of aromatic nitrogens is 3. The van der Waals surface area contributed by atoms with Gasteiger partial charge in [-0.15, -0.1) is 10.2 Å². The molecule has 66 valence electrons.